The third-order valence-electron chi connectivity index (χ3n) is 4.69. The van der Waals surface area contributed by atoms with Crippen LogP contribution in [0.15, 0.2) is 24.3 Å². The summed E-state index contributed by atoms with van der Waals surface area (Å²) in [4.78, 5) is 18.0. The van der Waals surface area contributed by atoms with Crippen molar-refractivity contribution in [3.63, 3.8) is 0 Å². The molecule has 0 aliphatic carbocycles. The zero-order chi connectivity index (χ0) is 19.6. The molecular weight excluding hydrogens is 351 g/mol. The highest BCUT2D eigenvalue weighted by Gasteiger charge is 2.17. The average Bonchev–Trinajstić information content (AvgIpc) is 2.54. The van der Waals surface area contributed by atoms with Crippen LogP contribution >= 0.6 is 7.60 Å². The van der Waals surface area contributed by atoms with Gasteiger partial charge >= 0.3 is 7.60 Å². The smallest absolute Gasteiger partial charge is 0.362 e. The molecule has 0 aliphatic rings. The number of phenolic OH excluding ortho intramolecular Hbond substituents is 1. The SMILES string of the molecule is Cc1cc(OCP(=O)(O)O)c(C)c(C)c1Cc1ccc(O)c(C(C)C)c1. The monoisotopic (exact) mass is 378 g/mol. The van der Waals surface area contributed by atoms with E-state index in [1.807, 2.05) is 52.8 Å². The molecule has 0 aromatic heterocycles. The van der Waals surface area contributed by atoms with Crippen LogP contribution < -0.4 is 4.74 Å². The Labute approximate surface area is 154 Å². The second-order valence-corrected chi connectivity index (χ2v) is 8.67. The Morgan fingerprint density at radius 3 is 2.31 bits per heavy atom. The molecule has 6 heteroatoms. The lowest BCUT2D eigenvalue weighted by Gasteiger charge is -2.18. The molecule has 0 bridgehead atoms. The van der Waals surface area contributed by atoms with Gasteiger partial charge in [-0.25, -0.2) is 0 Å². The molecular formula is C20H27O5P. The molecule has 5 nitrogen and oxygen atoms in total. The van der Waals surface area contributed by atoms with Crippen molar-refractivity contribution < 1.29 is 24.2 Å². The van der Waals surface area contributed by atoms with Crippen LogP contribution in [0.1, 0.15) is 53.1 Å². The van der Waals surface area contributed by atoms with Gasteiger partial charge in [0.2, 0.25) is 0 Å². The Morgan fingerprint density at radius 2 is 1.73 bits per heavy atom. The van der Waals surface area contributed by atoms with Gasteiger partial charge in [-0.1, -0.05) is 26.0 Å². The minimum Gasteiger partial charge on any atom is -0.508 e. The van der Waals surface area contributed by atoms with Crippen molar-refractivity contribution >= 4 is 7.60 Å². The quantitative estimate of drug-likeness (QED) is 0.642. The van der Waals surface area contributed by atoms with E-state index in [2.05, 4.69) is 0 Å². The molecule has 0 amide bonds. The Balaban J connectivity index is 2.35. The van der Waals surface area contributed by atoms with Gasteiger partial charge in [0.25, 0.3) is 0 Å². The van der Waals surface area contributed by atoms with E-state index in [9.17, 15) is 9.67 Å². The Bertz CT molecular complexity index is 852. The number of ether oxygens (including phenoxy) is 1. The molecule has 3 N–H and O–H groups in total. The summed E-state index contributed by atoms with van der Waals surface area (Å²) in [6.45, 7) is 9.95. The third kappa shape index (κ3) is 4.88. The van der Waals surface area contributed by atoms with Crippen LogP contribution in [-0.2, 0) is 11.0 Å². The van der Waals surface area contributed by atoms with Gasteiger partial charge in [-0.2, -0.15) is 0 Å². The lowest BCUT2D eigenvalue weighted by atomic mass is 9.91. The molecule has 0 unspecified atom stereocenters. The first-order valence-corrected chi connectivity index (χ1v) is 10.4. The minimum atomic E-state index is -4.21. The maximum absolute atomic E-state index is 11.1. The Morgan fingerprint density at radius 1 is 1.08 bits per heavy atom. The maximum Gasteiger partial charge on any atom is 0.362 e. The number of benzene rings is 2. The van der Waals surface area contributed by atoms with E-state index in [1.165, 1.54) is 0 Å². The summed E-state index contributed by atoms with van der Waals surface area (Å²) in [6.07, 6.45) is 0.0963. The van der Waals surface area contributed by atoms with Crippen molar-refractivity contribution in [1.82, 2.24) is 0 Å². The molecule has 0 spiro atoms. The maximum atomic E-state index is 11.1. The molecule has 2 aromatic carbocycles. The Kier molecular flexibility index (Phi) is 6.17. The second kappa shape index (κ2) is 7.83. The van der Waals surface area contributed by atoms with Gasteiger partial charge in [0.1, 0.15) is 11.5 Å². The summed E-state index contributed by atoms with van der Waals surface area (Å²) < 4.78 is 16.4. The van der Waals surface area contributed by atoms with Crippen LogP contribution in [-0.4, -0.2) is 21.2 Å². The van der Waals surface area contributed by atoms with Gasteiger partial charge in [0.05, 0.1) is 0 Å². The van der Waals surface area contributed by atoms with E-state index in [-0.39, 0.29) is 5.92 Å². The van der Waals surface area contributed by atoms with Crippen LogP contribution in [0, 0.1) is 20.8 Å². The fourth-order valence-corrected chi connectivity index (χ4v) is 3.36. The van der Waals surface area contributed by atoms with E-state index < -0.39 is 13.9 Å². The van der Waals surface area contributed by atoms with Crippen molar-refractivity contribution in [2.75, 3.05) is 6.35 Å². The van der Waals surface area contributed by atoms with Gasteiger partial charge in [-0.15, -0.1) is 0 Å². The fraction of sp³-hybridized carbons (Fsp3) is 0.400. The molecule has 142 valence electrons. The molecule has 0 atom stereocenters. The number of aromatic hydroxyl groups is 1. The van der Waals surface area contributed by atoms with E-state index in [1.54, 1.807) is 6.07 Å². The zero-order valence-corrected chi connectivity index (χ0v) is 16.8. The molecule has 0 fully saturated rings. The first-order valence-electron chi connectivity index (χ1n) is 8.58. The Hall–Kier alpha value is -1.81. The summed E-state index contributed by atoms with van der Waals surface area (Å²) in [5, 5.41) is 10.0. The molecule has 2 rings (SSSR count). The number of rotatable bonds is 6. The summed E-state index contributed by atoms with van der Waals surface area (Å²) in [6, 6.07) is 7.52. The molecule has 0 saturated heterocycles. The molecule has 26 heavy (non-hydrogen) atoms. The molecule has 0 heterocycles. The highest BCUT2D eigenvalue weighted by Crippen LogP contribution is 2.37. The van der Waals surface area contributed by atoms with Gasteiger partial charge < -0.3 is 19.6 Å². The summed E-state index contributed by atoms with van der Waals surface area (Å²) in [5.74, 6) is 1.05. The predicted molar refractivity (Wildman–Crippen MR) is 103 cm³/mol. The van der Waals surface area contributed by atoms with Crippen molar-refractivity contribution in [3.8, 4) is 11.5 Å². The van der Waals surface area contributed by atoms with Gasteiger partial charge in [-0.05, 0) is 78.6 Å². The van der Waals surface area contributed by atoms with Crippen LogP contribution in [0.25, 0.3) is 0 Å². The van der Waals surface area contributed by atoms with Gasteiger partial charge in [0, 0.05) is 0 Å². The molecule has 0 radical (unpaired) electrons. The summed E-state index contributed by atoms with van der Waals surface area (Å²) in [5.41, 5.74) is 6.13. The number of phenols is 1. The van der Waals surface area contributed by atoms with Gasteiger partial charge in [-0.3, -0.25) is 4.57 Å². The fourth-order valence-electron chi connectivity index (χ4n) is 3.05. The highest BCUT2D eigenvalue weighted by molar-refractivity contribution is 7.51. The normalized spacial score (nSPS) is 11.8. The second-order valence-electron chi connectivity index (χ2n) is 7.08. The zero-order valence-electron chi connectivity index (χ0n) is 15.9. The lowest BCUT2D eigenvalue weighted by Crippen LogP contribution is -2.04. The van der Waals surface area contributed by atoms with Gasteiger partial charge in [0.15, 0.2) is 6.35 Å². The van der Waals surface area contributed by atoms with Crippen LogP contribution in [0.3, 0.4) is 0 Å². The standard InChI is InChI=1S/C20H27O5P/c1-12(2)17-9-16(6-7-19(17)21)10-18-13(3)8-20(15(5)14(18)4)25-11-26(22,23)24/h6-9,12,21H,10-11H2,1-5H3,(H2,22,23,24). The first-order chi connectivity index (χ1) is 12.0. The van der Waals surface area contributed by atoms with Crippen molar-refractivity contribution in [3.05, 3.63) is 57.6 Å². The van der Waals surface area contributed by atoms with Crippen molar-refractivity contribution in [2.45, 2.75) is 47.0 Å². The highest BCUT2D eigenvalue weighted by atomic mass is 31.2. The largest absolute Gasteiger partial charge is 0.508 e. The van der Waals surface area contributed by atoms with Crippen LogP contribution in [0.2, 0.25) is 0 Å². The lowest BCUT2D eigenvalue weighted by molar-refractivity contribution is 0.299. The molecule has 0 saturated carbocycles. The topological polar surface area (TPSA) is 87.0 Å². The predicted octanol–water partition coefficient (Wildman–Crippen LogP) is 4.55. The number of hydrogen-bond acceptors (Lipinski definition) is 3. The van der Waals surface area contributed by atoms with Crippen LogP contribution in [0.5, 0.6) is 11.5 Å². The summed E-state index contributed by atoms with van der Waals surface area (Å²) >= 11 is 0. The van der Waals surface area contributed by atoms with E-state index in [4.69, 9.17) is 14.5 Å². The van der Waals surface area contributed by atoms with Crippen molar-refractivity contribution in [1.29, 1.82) is 0 Å². The molecule has 0 aliphatic heterocycles. The average molecular weight is 378 g/mol. The minimum absolute atomic E-state index is 0.238. The number of aryl methyl sites for hydroxylation is 1. The van der Waals surface area contributed by atoms with E-state index >= 15 is 0 Å². The van der Waals surface area contributed by atoms with E-state index in [0.29, 0.717) is 11.5 Å². The van der Waals surface area contributed by atoms with E-state index in [0.717, 1.165) is 39.8 Å². The third-order valence-corrected chi connectivity index (χ3v) is 5.16. The molecule has 2 aromatic rings. The van der Waals surface area contributed by atoms with Crippen molar-refractivity contribution in [2.24, 2.45) is 0 Å². The number of hydrogen-bond donors (Lipinski definition) is 3. The first kappa shape index (κ1) is 20.5. The van der Waals surface area contributed by atoms with Crippen LogP contribution in [0.4, 0.5) is 0 Å². The summed E-state index contributed by atoms with van der Waals surface area (Å²) in [7, 11) is -4.21.